The Bertz CT molecular complexity index is 1720. The summed E-state index contributed by atoms with van der Waals surface area (Å²) < 4.78 is 13.0. The standard InChI is InChI=1S/C39H39BO2/c1-9-13-26(10-2)27-16-18-28(19-17-27)30-22-31(24-32(23-30)40-41-38(5,6)39(7,8)42-40)29-20-21-34-33-14-11-12-15-35(33)37(3,4)36(34)25-29/h9-25H,1-2H2,3-8H3/b26-13+. The second-order valence-corrected chi connectivity index (χ2v) is 13.0. The minimum absolute atomic E-state index is 0.0637. The van der Waals surface area contributed by atoms with Gasteiger partial charge in [-0.1, -0.05) is 118 Å². The van der Waals surface area contributed by atoms with E-state index in [4.69, 9.17) is 9.31 Å². The Labute approximate surface area is 251 Å². The molecule has 0 N–H and O–H groups in total. The fourth-order valence-corrected chi connectivity index (χ4v) is 6.25. The van der Waals surface area contributed by atoms with E-state index in [2.05, 4.69) is 140 Å². The van der Waals surface area contributed by atoms with Gasteiger partial charge < -0.3 is 9.31 Å². The summed E-state index contributed by atoms with van der Waals surface area (Å²) in [6.07, 6.45) is 5.63. The highest BCUT2D eigenvalue weighted by Gasteiger charge is 2.51. The van der Waals surface area contributed by atoms with E-state index in [1.807, 2.05) is 12.2 Å². The molecule has 0 saturated carbocycles. The molecule has 42 heavy (non-hydrogen) atoms. The summed E-state index contributed by atoms with van der Waals surface area (Å²) in [5.41, 5.74) is 12.3. The summed E-state index contributed by atoms with van der Waals surface area (Å²) >= 11 is 0. The SMILES string of the molecule is C=C/C=C(\C=C)c1ccc(-c2cc(B3OC(C)(C)C(C)(C)O3)cc(-c3ccc4c(c3)C(C)(C)c3ccccc3-4)c2)cc1. The fraction of sp³-hybridized carbons (Fsp3) is 0.231. The largest absolute Gasteiger partial charge is 0.494 e. The Kier molecular flexibility index (Phi) is 6.80. The zero-order valence-corrected chi connectivity index (χ0v) is 25.6. The summed E-state index contributed by atoms with van der Waals surface area (Å²) in [7, 11) is -0.453. The lowest BCUT2D eigenvalue weighted by atomic mass is 9.76. The maximum atomic E-state index is 6.52. The minimum atomic E-state index is -0.453. The molecule has 0 atom stereocenters. The molecule has 4 aromatic rings. The van der Waals surface area contributed by atoms with Crippen LogP contribution in [-0.2, 0) is 14.7 Å². The fourth-order valence-electron chi connectivity index (χ4n) is 6.25. The van der Waals surface area contributed by atoms with Crippen LogP contribution in [0.1, 0.15) is 58.2 Å². The van der Waals surface area contributed by atoms with Crippen molar-refractivity contribution in [1.29, 1.82) is 0 Å². The van der Waals surface area contributed by atoms with Crippen LogP contribution in [0.25, 0.3) is 39.0 Å². The van der Waals surface area contributed by atoms with Crippen molar-refractivity contribution < 1.29 is 9.31 Å². The summed E-state index contributed by atoms with van der Waals surface area (Å²) in [6.45, 7) is 20.9. The molecule has 1 heterocycles. The van der Waals surface area contributed by atoms with Gasteiger partial charge in [-0.05, 0) is 101 Å². The van der Waals surface area contributed by atoms with Crippen LogP contribution >= 0.6 is 0 Å². The minimum Gasteiger partial charge on any atom is -0.399 e. The third-order valence-corrected chi connectivity index (χ3v) is 9.47. The third-order valence-electron chi connectivity index (χ3n) is 9.47. The molecule has 1 aliphatic heterocycles. The van der Waals surface area contributed by atoms with Crippen LogP contribution in [-0.4, -0.2) is 18.3 Å². The molecule has 1 saturated heterocycles. The molecule has 210 valence electrons. The number of rotatable bonds is 6. The molecule has 4 aromatic carbocycles. The van der Waals surface area contributed by atoms with Crippen LogP contribution in [0.2, 0.25) is 0 Å². The maximum Gasteiger partial charge on any atom is 0.494 e. The quantitative estimate of drug-likeness (QED) is 0.176. The first-order valence-corrected chi connectivity index (χ1v) is 14.8. The molecule has 0 spiro atoms. The summed E-state index contributed by atoms with van der Waals surface area (Å²) in [6, 6.07) is 31.1. The van der Waals surface area contributed by atoms with Gasteiger partial charge in [0.15, 0.2) is 0 Å². The van der Waals surface area contributed by atoms with Gasteiger partial charge in [0.1, 0.15) is 0 Å². The molecule has 1 fully saturated rings. The monoisotopic (exact) mass is 550 g/mol. The molecular formula is C39H39BO2. The molecule has 1 aliphatic carbocycles. The second-order valence-electron chi connectivity index (χ2n) is 13.0. The van der Waals surface area contributed by atoms with E-state index in [0.29, 0.717) is 0 Å². The van der Waals surface area contributed by atoms with Gasteiger partial charge >= 0.3 is 7.12 Å². The number of benzene rings is 4. The van der Waals surface area contributed by atoms with E-state index >= 15 is 0 Å². The first-order valence-electron chi connectivity index (χ1n) is 14.8. The maximum absolute atomic E-state index is 6.52. The second kappa shape index (κ2) is 10.1. The summed E-state index contributed by atoms with van der Waals surface area (Å²) in [4.78, 5) is 0. The number of allylic oxidation sites excluding steroid dienone is 4. The topological polar surface area (TPSA) is 18.5 Å². The van der Waals surface area contributed by atoms with Crippen molar-refractivity contribution in [3.8, 4) is 33.4 Å². The predicted octanol–water partition coefficient (Wildman–Crippen LogP) is 9.38. The van der Waals surface area contributed by atoms with Crippen LogP contribution in [0.3, 0.4) is 0 Å². The Hall–Kier alpha value is -3.92. The molecule has 0 aromatic heterocycles. The molecule has 0 amide bonds. The van der Waals surface area contributed by atoms with Crippen molar-refractivity contribution in [2.45, 2.75) is 58.2 Å². The van der Waals surface area contributed by atoms with Crippen LogP contribution in [0.15, 0.2) is 116 Å². The molecule has 0 radical (unpaired) electrons. The first-order chi connectivity index (χ1) is 19.9. The van der Waals surface area contributed by atoms with Gasteiger partial charge in [-0.3, -0.25) is 0 Å². The highest BCUT2D eigenvalue weighted by molar-refractivity contribution is 6.62. The van der Waals surface area contributed by atoms with E-state index in [0.717, 1.165) is 33.3 Å². The third kappa shape index (κ3) is 4.62. The molecule has 2 aliphatic rings. The van der Waals surface area contributed by atoms with Crippen LogP contribution in [0.5, 0.6) is 0 Å². The van der Waals surface area contributed by atoms with Gasteiger partial charge in [0.05, 0.1) is 11.2 Å². The van der Waals surface area contributed by atoms with Crippen LogP contribution < -0.4 is 5.46 Å². The molecule has 0 unspecified atom stereocenters. The average molecular weight is 551 g/mol. The Balaban J connectivity index is 1.47. The van der Waals surface area contributed by atoms with Crippen molar-refractivity contribution in [3.05, 3.63) is 133 Å². The van der Waals surface area contributed by atoms with Gasteiger partial charge in [-0.15, -0.1) is 0 Å². The Morgan fingerprint density at radius 2 is 1.24 bits per heavy atom. The van der Waals surface area contributed by atoms with Crippen molar-refractivity contribution in [2.24, 2.45) is 0 Å². The molecule has 2 nitrogen and oxygen atoms in total. The molecule has 0 bridgehead atoms. The first kappa shape index (κ1) is 28.2. The predicted molar refractivity (Wildman–Crippen MR) is 179 cm³/mol. The lowest BCUT2D eigenvalue weighted by Gasteiger charge is -2.32. The van der Waals surface area contributed by atoms with Gasteiger partial charge in [0, 0.05) is 5.41 Å². The number of fused-ring (bicyclic) bond motifs is 3. The lowest BCUT2D eigenvalue weighted by molar-refractivity contribution is 0.00578. The highest BCUT2D eigenvalue weighted by atomic mass is 16.7. The zero-order chi connectivity index (χ0) is 29.9. The molecular weight excluding hydrogens is 511 g/mol. The van der Waals surface area contributed by atoms with Gasteiger partial charge in [0.25, 0.3) is 0 Å². The number of hydrogen-bond acceptors (Lipinski definition) is 2. The van der Waals surface area contributed by atoms with Crippen molar-refractivity contribution in [3.63, 3.8) is 0 Å². The van der Waals surface area contributed by atoms with Crippen LogP contribution in [0.4, 0.5) is 0 Å². The van der Waals surface area contributed by atoms with E-state index < -0.39 is 18.3 Å². The van der Waals surface area contributed by atoms with E-state index in [9.17, 15) is 0 Å². The van der Waals surface area contributed by atoms with Crippen molar-refractivity contribution in [1.82, 2.24) is 0 Å². The van der Waals surface area contributed by atoms with Crippen LogP contribution in [0, 0.1) is 0 Å². The average Bonchev–Trinajstić information content (AvgIpc) is 3.35. The lowest BCUT2D eigenvalue weighted by Crippen LogP contribution is -2.41. The van der Waals surface area contributed by atoms with E-state index in [-0.39, 0.29) is 5.41 Å². The summed E-state index contributed by atoms with van der Waals surface area (Å²) in [5.74, 6) is 0. The molecule has 3 heteroatoms. The smallest absolute Gasteiger partial charge is 0.399 e. The van der Waals surface area contributed by atoms with Crippen molar-refractivity contribution >= 4 is 18.2 Å². The Morgan fingerprint density at radius 3 is 1.88 bits per heavy atom. The van der Waals surface area contributed by atoms with Gasteiger partial charge in [0.2, 0.25) is 0 Å². The van der Waals surface area contributed by atoms with Gasteiger partial charge in [-0.2, -0.15) is 0 Å². The van der Waals surface area contributed by atoms with Crippen molar-refractivity contribution in [2.75, 3.05) is 0 Å². The van der Waals surface area contributed by atoms with E-state index in [1.54, 1.807) is 6.08 Å². The summed E-state index contributed by atoms with van der Waals surface area (Å²) in [5, 5.41) is 0. The number of hydrogen-bond donors (Lipinski definition) is 0. The normalized spacial score (nSPS) is 18.0. The van der Waals surface area contributed by atoms with Gasteiger partial charge in [-0.25, -0.2) is 0 Å². The zero-order valence-electron chi connectivity index (χ0n) is 25.6. The molecule has 6 rings (SSSR count). The van der Waals surface area contributed by atoms with E-state index in [1.165, 1.54) is 27.8 Å². The highest BCUT2D eigenvalue weighted by Crippen LogP contribution is 2.49. The Morgan fingerprint density at radius 1 is 0.643 bits per heavy atom.